The van der Waals surface area contributed by atoms with Crippen LogP contribution in [0.1, 0.15) is 48.4 Å². The number of aromatic nitrogens is 2. The highest BCUT2D eigenvalue weighted by molar-refractivity contribution is 5.97. The molecule has 0 aliphatic heterocycles. The smallest absolute Gasteiger partial charge is 0.326 e. The summed E-state index contributed by atoms with van der Waals surface area (Å²) in [6.07, 6.45) is 2.90. The molecule has 1 heterocycles. The molecule has 0 unspecified atom stereocenters. The molecule has 1 aromatic heterocycles. The van der Waals surface area contributed by atoms with Gasteiger partial charge in [0.15, 0.2) is 5.69 Å². The molecule has 1 aliphatic carbocycles. The fourth-order valence-electron chi connectivity index (χ4n) is 3.59. The lowest BCUT2D eigenvalue weighted by Gasteiger charge is -2.16. The number of nitrogens with zero attached hydrogens (tertiary/aromatic N) is 2. The first kappa shape index (κ1) is 20.6. The maximum absolute atomic E-state index is 12.7. The normalized spacial score (nSPS) is 13.8. The van der Waals surface area contributed by atoms with Crippen molar-refractivity contribution in [1.29, 1.82) is 0 Å². The topological polar surface area (TPSA) is 113 Å². The maximum atomic E-state index is 12.7. The average Bonchev–Trinajstić information content (AvgIpc) is 3.28. The number of carboxylic acid groups (broad SMARTS) is 1. The van der Waals surface area contributed by atoms with Crippen molar-refractivity contribution in [2.24, 2.45) is 5.92 Å². The summed E-state index contributed by atoms with van der Waals surface area (Å²) in [5.41, 5.74) is 3.15. The number of carbonyl (C=O) groups is 3. The predicted molar refractivity (Wildman–Crippen MR) is 107 cm³/mol. The second-order valence-electron chi connectivity index (χ2n) is 7.65. The van der Waals surface area contributed by atoms with Gasteiger partial charge in [-0.15, -0.1) is 0 Å². The number of hydrogen-bond donors (Lipinski definition) is 3. The van der Waals surface area contributed by atoms with Crippen LogP contribution < -0.4 is 10.6 Å². The maximum Gasteiger partial charge on any atom is 0.326 e. The van der Waals surface area contributed by atoms with E-state index < -0.39 is 23.8 Å². The molecule has 2 amide bonds. The molecule has 3 rings (SSSR count). The number of rotatable bonds is 8. The largest absolute Gasteiger partial charge is 0.480 e. The van der Waals surface area contributed by atoms with Gasteiger partial charge in [0, 0.05) is 11.3 Å². The molecule has 0 bridgehead atoms. The minimum atomic E-state index is -1.09. The summed E-state index contributed by atoms with van der Waals surface area (Å²) in [7, 11) is 0. The summed E-state index contributed by atoms with van der Waals surface area (Å²) in [6.45, 7) is 3.47. The minimum Gasteiger partial charge on any atom is -0.480 e. The number of carbonyl (C=O) groups excluding carboxylic acids is 2. The number of aliphatic carboxylic acids is 1. The Bertz CT molecular complexity index is 905. The number of nitrogens with one attached hydrogen (secondary N) is 2. The van der Waals surface area contributed by atoms with Crippen molar-refractivity contribution < 1.29 is 19.5 Å². The van der Waals surface area contributed by atoms with E-state index in [9.17, 15) is 19.5 Å². The van der Waals surface area contributed by atoms with Crippen LogP contribution >= 0.6 is 0 Å². The molecule has 1 atom stereocenters. The third-order valence-electron chi connectivity index (χ3n) is 4.90. The van der Waals surface area contributed by atoms with Gasteiger partial charge in [-0.25, -0.2) is 9.48 Å². The lowest BCUT2D eigenvalue weighted by atomic mass is 10.0. The van der Waals surface area contributed by atoms with Crippen molar-refractivity contribution in [2.75, 3.05) is 6.54 Å². The van der Waals surface area contributed by atoms with E-state index in [-0.39, 0.29) is 12.5 Å². The van der Waals surface area contributed by atoms with Crippen molar-refractivity contribution in [3.05, 3.63) is 47.3 Å². The van der Waals surface area contributed by atoms with Crippen LogP contribution in [0.3, 0.4) is 0 Å². The molecule has 3 N–H and O–H groups in total. The average molecular weight is 398 g/mol. The van der Waals surface area contributed by atoms with Crippen molar-refractivity contribution in [3.8, 4) is 5.69 Å². The van der Waals surface area contributed by atoms with Gasteiger partial charge in [0.2, 0.25) is 5.91 Å². The van der Waals surface area contributed by atoms with Gasteiger partial charge in [0.05, 0.1) is 12.2 Å². The SMILES string of the molecule is CC(C)C[C@H](NC(=O)CNC(=O)c1nn(-c2ccccc2)c2c1CCC2)C(=O)O. The Morgan fingerprint density at radius 1 is 1.17 bits per heavy atom. The number of hydrogen-bond acceptors (Lipinski definition) is 4. The Hall–Kier alpha value is -3.16. The van der Waals surface area contributed by atoms with Crippen molar-refractivity contribution in [2.45, 2.75) is 45.6 Å². The van der Waals surface area contributed by atoms with E-state index in [1.165, 1.54) is 0 Å². The second kappa shape index (κ2) is 8.89. The summed E-state index contributed by atoms with van der Waals surface area (Å²) in [4.78, 5) is 36.1. The molecule has 0 saturated heterocycles. The molecule has 2 aromatic rings. The van der Waals surface area contributed by atoms with Crippen LogP contribution in [0.5, 0.6) is 0 Å². The van der Waals surface area contributed by atoms with Gasteiger partial charge in [-0.05, 0) is 43.7 Å². The van der Waals surface area contributed by atoms with Crippen LogP contribution in [0, 0.1) is 5.92 Å². The van der Waals surface area contributed by atoms with Crippen LogP contribution in [-0.4, -0.2) is 45.3 Å². The van der Waals surface area contributed by atoms with E-state index in [0.29, 0.717) is 12.1 Å². The van der Waals surface area contributed by atoms with Crippen molar-refractivity contribution in [1.82, 2.24) is 20.4 Å². The quantitative estimate of drug-likeness (QED) is 0.626. The van der Waals surface area contributed by atoms with E-state index in [0.717, 1.165) is 36.2 Å². The van der Waals surface area contributed by atoms with Gasteiger partial charge in [0.1, 0.15) is 6.04 Å². The lowest BCUT2D eigenvalue weighted by molar-refractivity contribution is -0.142. The minimum absolute atomic E-state index is 0.121. The number of amides is 2. The number of benzene rings is 1. The Morgan fingerprint density at radius 3 is 2.55 bits per heavy atom. The van der Waals surface area contributed by atoms with E-state index in [2.05, 4.69) is 15.7 Å². The van der Waals surface area contributed by atoms with Gasteiger partial charge < -0.3 is 15.7 Å². The molecule has 8 nitrogen and oxygen atoms in total. The molecule has 1 aromatic carbocycles. The molecule has 0 fully saturated rings. The van der Waals surface area contributed by atoms with Crippen LogP contribution in [0.2, 0.25) is 0 Å². The molecule has 29 heavy (non-hydrogen) atoms. The monoisotopic (exact) mass is 398 g/mol. The third-order valence-corrected chi connectivity index (χ3v) is 4.90. The molecule has 0 saturated carbocycles. The zero-order valence-electron chi connectivity index (χ0n) is 16.6. The molecule has 0 radical (unpaired) electrons. The lowest BCUT2D eigenvalue weighted by Crippen LogP contribution is -2.46. The summed E-state index contributed by atoms with van der Waals surface area (Å²) >= 11 is 0. The van der Waals surface area contributed by atoms with E-state index >= 15 is 0 Å². The highest BCUT2D eigenvalue weighted by Gasteiger charge is 2.27. The van der Waals surface area contributed by atoms with Gasteiger partial charge >= 0.3 is 5.97 Å². The molecular formula is C21H26N4O4. The van der Waals surface area contributed by atoms with E-state index in [1.807, 2.05) is 44.2 Å². The Balaban J connectivity index is 1.67. The first-order chi connectivity index (χ1) is 13.9. The highest BCUT2D eigenvalue weighted by Crippen LogP contribution is 2.27. The zero-order chi connectivity index (χ0) is 21.0. The Labute approximate surface area is 169 Å². The summed E-state index contributed by atoms with van der Waals surface area (Å²) in [5, 5.41) is 18.7. The summed E-state index contributed by atoms with van der Waals surface area (Å²) < 4.78 is 1.79. The third kappa shape index (κ3) is 4.82. The van der Waals surface area contributed by atoms with E-state index in [4.69, 9.17) is 0 Å². The van der Waals surface area contributed by atoms with Gasteiger partial charge in [-0.2, -0.15) is 5.10 Å². The van der Waals surface area contributed by atoms with Crippen LogP contribution in [0.15, 0.2) is 30.3 Å². The number of carboxylic acids is 1. The first-order valence-electron chi connectivity index (χ1n) is 9.83. The summed E-state index contributed by atoms with van der Waals surface area (Å²) in [6, 6.07) is 8.64. The molecule has 154 valence electrons. The molecule has 1 aliphatic rings. The van der Waals surface area contributed by atoms with Crippen LogP contribution in [-0.2, 0) is 22.4 Å². The fourth-order valence-corrected chi connectivity index (χ4v) is 3.59. The predicted octanol–water partition coefficient (Wildman–Crippen LogP) is 1.71. The number of para-hydroxylation sites is 1. The van der Waals surface area contributed by atoms with Crippen molar-refractivity contribution >= 4 is 17.8 Å². The molecular weight excluding hydrogens is 372 g/mol. The Morgan fingerprint density at radius 2 is 1.90 bits per heavy atom. The van der Waals surface area contributed by atoms with E-state index in [1.54, 1.807) is 4.68 Å². The van der Waals surface area contributed by atoms with Crippen LogP contribution in [0.4, 0.5) is 0 Å². The standard InChI is InChI=1S/C21H26N4O4/c1-13(2)11-16(21(28)29)23-18(26)12-22-20(27)19-15-9-6-10-17(15)25(24-19)14-7-4-3-5-8-14/h3-5,7-8,13,16H,6,9-12H2,1-2H3,(H,22,27)(H,23,26)(H,28,29)/t16-/m0/s1. The first-order valence-corrected chi connectivity index (χ1v) is 9.83. The fraction of sp³-hybridized carbons (Fsp3) is 0.429. The second-order valence-corrected chi connectivity index (χ2v) is 7.65. The number of fused-ring (bicyclic) bond motifs is 1. The van der Waals surface area contributed by atoms with Gasteiger partial charge in [0.25, 0.3) is 5.91 Å². The summed E-state index contributed by atoms with van der Waals surface area (Å²) in [5.74, 6) is -1.93. The van der Waals surface area contributed by atoms with Crippen molar-refractivity contribution in [3.63, 3.8) is 0 Å². The molecule has 8 heteroatoms. The molecule has 0 spiro atoms. The Kier molecular flexibility index (Phi) is 6.31. The van der Waals surface area contributed by atoms with Crippen LogP contribution in [0.25, 0.3) is 5.69 Å². The van der Waals surface area contributed by atoms with Gasteiger partial charge in [-0.3, -0.25) is 9.59 Å². The van der Waals surface area contributed by atoms with Gasteiger partial charge in [-0.1, -0.05) is 32.0 Å². The highest BCUT2D eigenvalue weighted by atomic mass is 16.4. The zero-order valence-corrected chi connectivity index (χ0v) is 16.6.